The lowest BCUT2D eigenvalue weighted by Gasteiger charge is -2.34. The highest BCUT2D eigenvalue weighted by atomic mass is 79.9. The molecule has 1 atom stereocenters. The van der Waals surface area contributed by atoms with Gasteiger partial charge in [0.15, 0.2) is 0 Å². The van der Waals surface area contributed by atoms with E-state index in [0.717, 1.165) is 42.0 Å². The number of nitrogens with one attached hydrogen (secondary N) is 1. The number of ether oxygens (including phenoxy) is 1. The van der Waals surface area contributed by atoms with Crippen LogP contribution in [-0.4, -0.2) is 50.9 Å². The predicted molar refractivity (Wildman–Crippen MR) is 183 cm³/mol. The van der Waals surface area contributed by atoms with Gasteiger partial charge in [0.25, 0.3) is 10.0 Å². The smallest absolute Gasteiger partial charge is 0.264 e. The Hall–Kier alpha value is -2.79. The van der Waals surface area contributed by atoms with Crippen molar-refractivity contribution in [1.82, 2.24) is 10.2 Å². The van der Waals surface area contributed by atoms with Gasteiger partial charge in [-0.25, -0.2) is 8.42 Å². The van der Waals surface area contributed by atoms with E-state index in [1.165, 1.54) is 24.1 Å². The molecule has 1 fully saturated rings. The van der Waals surface area contributed by atoms with E-state index in [1.807, 2.05) is 13.8 Å². The molecule has 2 amide bonds. The number of rotatable bonds is 12. The number of carbonyl (C=O) groups is 2. The molecule has 45 heavy (non-hydrogen) atoms. The van der Waals surface area contributed by atoms with E-state index in [9.17, 15) is 18.0 Å². The molecule has 0 aromatic heterocycles. The first kappa shape index (κ1) is 35.1. The van der Waals surface area contributed by atoms with Crippen molar-refractivity contribution in [2.24, 2.45) is 0 Å². The molecule has 1 aliphatic rings. The zero-order valence-electron chi connectivity index (χ0n) is 25.6. The second kappa shape index (κ2) is 15.7. The highest BCUT2D eigenvalue weighted by Gasteiger charge is 2.34. The van der Waals surface area contributed by atoms with Gasteiger partial charge in [-0.1, -0.05) is 73.2 Å². The molecule has 1 saturated carbocycles. The average Bonchev–Trinajstić information content (AvgIpc) is 3.02. The van der Waals surface area contributed by atoms with Crippen LogP contribution in [0.5, 0.6) is 5.75 Å². The van der Waals surface area contributed by atoms with Crippen LogP contribution in [0.1, 0.15) is 56.6 Å². The molecule has 3 aromatic carbocycles. The molecule has 0 unspecified atom stereocenters. The Balaban J connectivity index is 1.73. The van der Waals surface area contributed by atoms with Gasteiger partial charge < -0.3 is 15.0 Å². The largest absolute Gasteiger partial charge is 0.496 e. The highest BCUT2D eigenvalue weighted by Crippen LogP contribution is 2.31. The summed E-state index contributed by atoms with van der Waals surface area (Å²) in [6, 6.07) is 15.5. The number of hydrogen-bond acceptors (Lipinski definition) is 5. The van der Waals surface area contributed by atoms with Gasteiger partial charge in [0.05, 0.1) is 32.2 Å². The standard InChI is InChI=1S/C33H38BrCl2N3O5S/c1-4-30(33(41)37-24-8-6-5-7-9-24)38(20-23-12-16-28(35)29(36)18-23)32(40)21-39(25-13-10-22(2)11-14-25)45(42,43)26-15-17-31(44-3)27(34)19-26/h10-19,24,30H,4-9,20-21H2,1-3H3,(H,37,41)/t30-/m1/s1. The Morgan fingerprint density at radius 3 is 2.29 bits per heavy atom. The van der Waals surface area contributed by atoms with Crippen LogP contribution in [0.25, 0.3) is 0 Å². The first-order valence-electron chi connectivity index (χ1n) is 14.9. The molecule has 0 heterocycles. The van der Waals surface area contributed by atoms with E-state index in [-0.39, 0.29) is 23.4 Å². The van der Waals surface area contributed by atoms with E-state index >= 15 is 0 Å². The Bertz CT molecular complexity index is 1620. The summed E-state index contributed by atoms with van der Waals surface area (Å²) in [5.41, 5.74) is 1.90. The molecule has 0 saturated heterocycles. The number of nitrogens with zero attached hydrogens (tertiary/aromatic N) is 2. The van der Waals surface area contributed by atoms with Crippen LogP contribution in [0.15, 0.2) is 70.0 Å². The average molecular weight is 740 g/mol. The fraction of sp³-hybridized carbons (Fsp3) is 0.394. The summed E-state index contributed by atoms with van der Waals surface area (Å²) in [6.45, 7) is 3.22. The molecule has 8 nitrogen and oxygen atoms in total. The number of aryl methyl sites for hydroxylation is 1. The van der Waals surface area contributed by atoms with Gasteiger partial charge in [0.2, 0.25) is 11.8 Å². The second-order valence-corrected chi connectivity index (χ2v) is 14.7. The number of methoxy groups -OCH3 is 1. The predicted octanol–water partition coefficient (Wildman–Crippen LogP) is 7.52. The Morgan fingerprint density at radius 2 is 1.69 bits per heavy atom. The minimum absolute atomic E-state index is 0.0262. The fourth-order valence-corrected chi connectivity index (χ4v) is 7.93. The molecule has 1 N–H and O–H groups in total. The maximum Gasteiger partial charge on any atom is 0.264 e. The maximum atomic E-state index is 14.3. The van der Waals surface area contributed by atoms with E-state index in [1.54, 1.807) is 48.5 Å². The molecule has 0 spiro atoms. The number of carbonyl (C=O) groups excluding carboxylic acids is 2. The van der Waals surface area contributed by atoms with E-state index < -0.39 is 28.5 Å². The van der Waals surface area contributed by atoms with Crippen molar-refractivity contribution in [3.8, 4) is 5.75 Å². The van der Waals surface area contributed by atoms with Gasteiger partial charge in [-0.05, 0) is 90.1 Å². The van der Waals surface area contributed by atoms with Crippen molar-refractivity contribution < 1.29 is 22.7 Å². The quantitative estimate of drug-likeness (QED) is 0.207. The third kappa shape index (κ3) is 8.73. The summed E-state index contributed by atoms with van der Waals surface area (Å²) in [4.78, 5) is 29.5. The molecule has 1 aliphatic carbocycles. The van der Waals surface area contributed by atoms with Crippen LogP contribution in [0.2, 0.25) is 10.0 Å². The number of amides is 2. The van der Waals surface area contributed by atoms with Gasteiger partial charge in [0, 0.05) is 12.6 Å². The zero-order chi connectivity index (χ0) is 32.7. The molecule has 12 heteroatoms. The lowest BCUT2D eigenvalue weighted by atomic mass is 9.95. The highest BCUT2D eigenvalue weighted by molar-refractivity contribution is 9.10. The van der Waals surface area contributed by atoms with Gasteiger partial charge in [-0.15, -0.1) is 0 Å². The molecular formula is C33H38BrCl2N3O5S. The van der Waals surface area contributed by atoms with E-state index in [0.29, 0.717) is 37.9 Å². The van der Waals surface area contributed by atoms with Gasteiger partial charge in [-0.2, -0.15) is 0 Å². The molecule has 0 aliphatic heterocycles. The van der Waals surface area contributed by atoms with Crippen LogP contribution < -0.4 is 14.4 Å². The van der Waals surface area contributed by atoms with Crippen LogP contribution in [-0.2, 0) is 26.2 Å². The molecule has 3 aromatic rings. The molecular weight excluding hydrogens is 701 g/mol. The third-order valence-corrected chi connectivity index (χ3v) is 11.1. The second-order valence-electron chi connectivity index (χ2n) is 11.2. The van der Waals surface area contributed by atoms with E-state index in [4.69, 9.17) is 27.9 Å². The maximum absolute atomic E-state index is 14.3. The van der Waals surface area contributed by atoms with E-state index in [2.05, 4.69) is 21.2 Å². The Morgan fingerprint density at radius 1 is 1.00 bits per heavy atom. The number of halogens is 3. The lowest BCUT2D eigenvalue weighted by molar-refractivity contribution is -0.140. The van der Waals surface area contributed by atoms with Crippen molar-refractivity contribution in [1.29, 1.82) is 0 Å². The topological polar surface area (TPSA) is 96.0 Å². The minimum Gasteiger partial charge on any atom is -0.496 e. The van der Waals surface area contributed by atoms with Crippen LogP contribution >= 0.6 is 39.1 Å². The van der Waals surface area contributed by atoms with Crippen molar-refractivity contribution in [2.45, 2.75) is 75.9 Å². The van der Waals surface area contributed by atoms with Crippen molar-refractivity contribution in [2.75, 3.05) is 18.0 Å². The van der Waals surface area contributed by atoms with Crippen molar-refractivity contribution in [3.63, 3.8) is 0 Å². The summed E-state index contributed by atoms with van der Waals surface area (Å²) in [7, 11) is -2.75. The van der Waals surface area contributed by atoms with Crippen LogP contribution in [0.4, 0.5) is 5.69 Å². The zero-order valence-corrected chi connectivity index (χ0v) is 29.5. The summed E-state index contributed by atoms with van der Waals surface area (Å²) < 4.78 is 35.2. The molecule has 0 radical (unpaired) electrons. The molecule has 242 valence electrons. The van der Waals surface area contributed by atoms with Gasteiger partial charge >= 0.3 is 0 Å². The molecule has 4 rings (SSSR count). The Kier molecular flexibility index (Phi) is 12.2. The summed E-state index contributed by atoms with van der Waals surface area (Å²) in [5, 5.41) is 3.83. The monoisotopic (exact) mass is 737 g/mol. The lowest BCUT2D eigenvalue weighted by Crippen LogP contribution is -2.54. The molecule has 0 bridgehead atoms. The Labute approximate surface area is 284 Å². The minimum atomic E-state index is -4.24. The number of benzene rings is 3. The number of sulfonamides is 1. The van der Waals surface area contributed by atoms with Crippen molar-refractivity contribution in [3.05, 3.63) is 86.3 Å². The normalized spacial score (nSPS) is 14.4. The first-order chi connectivity index (χ1) is 21.4. The third-order valence-electron chi connectivity index (χ3n) is 7.99. The van der Waals surface area contributed by atoms with Gasteiger partial charge in [0.1, 0.15) is 18.3 Å². The van der Waals surface area contributed by atoms with Crippen LogP contribution in [0.3, 0.4) is 0 Å². The number of anilines is 1. The van der Waals surface area contributed by atoms with Crippen molar-refractivity contribution >= 4 is 66.7 Å². The summed E-state index contributed by atoms with van der Waals surface area (Å²) >= 11 is 15.8. The SMILES string of the molecule is CC[C@H](C(=O)NC1CCCCC1)N(Cc1ccc(Cl)c(Cl)c1)C(=O)CN(c1ccc(C)cc1)S(=O)(=O)c1ccc(OC)c(Br)c1. The first-order valence-corrected chi connectivity index (χ1v) is 17.9. The summed E-state index contributed by atoms with van der Waals surface area (Å²) in [6.07, 6.45) is 5.32. The van der Waals surface area contributed by atoms with Gasteiger partial charge in [-0.3, -0.25) is 13.9 Å². The summed E-state index contributed by atoms with van der Waals surface area (Å²) in [5.74, 6) is -0.334. The fourth-order valence-electron chi connectivity index (χ4n) is 5.47. The number of hydrogen-bond donors (Lipinski definition) is 1. The van der Waals surface area contributed by atoms with Crippen LogP contribution in [0, 0.1) is 6.92 Å².